The molecule has 26 heavy (non-hydrogen) atoms. The number of nitrogens with one attached hydrogen (secondary N) is 2. The molecule has 1 fully saturated rings. The maximum atomic E-state index is 6.10. The van der Waals surface area contributed by atoms with Gasteiger partial charge in [0.2, 0.25) is 0 Å². The number of nitrogens with zero attached hydrogens (tertiary/aromatic N) is 1. The average molecular weight is 493 g/mol. The predicted octanol–water partition coefficient (Wildman–Crippen LogP) is 3.44. The van der Waals surface area contributed by atoms with Crippen molar-refractivity contribution in [2.45, 2.75) is 32.1 Å². The number of ether oxygens (including phenoxy) is 2. The molecule has 0 aromatic heterocycles. The molecule has 1 saturated heterocycles. The highest BCUT2D eigenvalue weighted by Crippen LogP contribution is 2.22. The molecule has 0 spiro atoms. The Labute approximate surface area is 179 Å². The molecular weight excluding hydrogens is 461 g/mol. The molecule has 1 heterocycles. The molecular formula is C19H32IN3O2S. The van der Waals surface area contributed by atoms with Gasteiger partial charge in [-0.1, -0.05) is 19.1 Å². The number of thioether (sulfide) groups is 1. The summed E-state index contributed by atoms with van der Waals surface area (Å²) >= 11 is 1.84. The quantitative estimate of drug-likeness (QED) is 0.330. The molecule has 0 bridgehead atoms. The number of hydrogen-bond donors (Lipinski definition) is 2. The maximum Gasteiger partial charge on any atom is 0.191 e. The van der Waals surface area contributed by atoms with Gasteiger partial charge >= 0.3 is 0 Å². The molecule has 1 aromatic rings. The van der Waals surface area contributed by atoms with Crippen LogP contribution >= 0.6 is 35.7 Å². The van der Waals surface area contributed by atoms with E-state index in [1.54, 1.807) is 7.05 Å². The second kappa shape index (κ2) is 12.7. The van der Waals surface area contributed by atoms with Crippen molar-refractivity contribution in [1.82, 2.24) is 10.6 Å². The Bertz CT molecular complexity index is 566. The Morgan fingerprint density at radius 1 is 1.42 bits per heavy atom. The van der Waals surface area contributed by atoms with E-state index < -0.39 is 0 Å². The van der Waals surface area contributed by atoms with E-state index >= 15 is 0 Å². The standard InChI is InChI=1S/C19H31N3O2S.HI/c1-14-5-6-17(11-22-19(20-3)21-10-15(2)25-4)18(9-14)24-13-16-7-8-23-12-16;/h5-6,9,15-16H,7-8,10-13H2,1-4H3,(H2,20,21,22);1H. The van der Waals surface area contributed by atoms with E-state index in [1.807, 2.05) is 11.8 Å². The summed E-state index contributed by atoms with van der Waals surface area (Å²) < 4.78 is 11.5. The van der Waals surface area contributed by atoms with Gasteiger partial charge in [-0.05, 0) is 31.2 Å². The summed E-state index contributed by atoms with van der Waals surface area (Å²) in [6.45, 7) is 8.24. The average Bonchev–Trinajstić information content (AvgIpc) is 3.14. The molecule has 7 heteroatoms. The molecule has 0 amide bonds. The minimum atomic E-state index is 0. The zero-order valence-corrected chi connectivity index (χ0v) is 19.4. The first kappa shape index (κ1) is 23.4. The Morgan fingerprint density at radius 2 is 2.23 bits per heavy atom. The zero-order chi connectivity index (χ0) is 18.1. The molecule has 0 saturated carbocycles. The fourth-order valence-corrected chi connectivity index (χ4v) is 2.84. The Morgan fingerprint density at radius 3 is 2.88 bits per heavy atom. The minimum Gasteiger partial charge on any atom is -0.493 e. The molecule has 5 nitrogen and oxygen atoms in total. The van der Waals surface area contributed by atoms with Crippen LogP contribution in [0.25, 0.3) is 0 Å². The number of benzene rings is 1. The number of rotatable bonds is 8. The van der Waals surface area contributed by atoms with E-state index in [-0.39, 0.29) is 24.0 Å². The van der Waals surface area contributed by atoms with Gasteiger partial charge in [0.05, 0.1) is 13.2 Å². The third kappa shape index (κ3) is 7.92. The number of hydrogen-bond acceptors (Lipinski definition) is 4. The summed E-state index contributed by atoms with van der Waals surface area (Å²) in [5.74, 6) is 2.27. The first-order valence-electron chi connectivity index (χ1n) is 8.89. The molecule has 1 aliphatic heterocycles. The van der Waals surface area contributed by atoms with Crippen molar-refractivity contribution in [3.8, 4) is 5.75 Å². The second-order valence-corrected chi connectivity index (χ2v) is 7.78. The molecule has 1 aromatic carbocycles. The van der Waals surface area contributed by atoms with Crippen LogP contribution in [0.15, 0.2) is 23.2 Å². The third-order valence-corrected chi connectivity index (χ3v) is 5.32. The largest absolute Gasteiger partial charge is 0.493 e. The maximum absolute atomic E-state index is 6.10. The van der Waals surface area contributed by atoms with E-state index in [0.29, 0.717) is 24.3 Å². The number of halogens is 1. The highest BCUT2D eigenvalue weighted by atomic mass is 127. The van der Waals surface area contributed by atoms with Crippen LogP contribution in [0.4, 0.5) is 0 Å². The molecule has 1 aliphatic rings. The summed E-state index contributed by atoms with van der Waals surface area (Å²) in [6.07, 6.45) is 3.21. The smallest absolute Gasteiger partial charge is 0.191 e. The Kier molecular flexibility index (Phi) is 11.4. The summed E-state index contributed by atoms with van der Waals surface area (Å²) in [6, 6.07) is 6.36. The van der Waals surface area contributed by atoms with Crippen molar-refractivity contribution >= 4 is 41.7 Å². The molecule has 2 rings (SSSR count). The highest BCUT2D eigenvalue weighted by molar-refractivity contribution is 14.0. The fraction of sp³-hybridized carbons (Fsp3) is 0.632. The third-order valence-electron chi connectivity index (χ3n) is 4.35. The number of aryl methyl sites for hydroxylation is 1. The minimum absolute atomic E-state index is 0. The molecule has 0 radical (unpaired) electrons. The molecule has 0 aliphatic carbocycles. The van der Waals surface area contributed by atoms with Crippen LogP contribution in [-0.4, -0.2) is 50.9 Å². The van der Waals surface area contributed by atoms with Gasteiger partial charge < -0.3 is 20.1 Å². The lowest BCUT2D eigenvalue weighted by Crippen LogP contribution is -2.39. The van der Waals surface area contributed by atoms with Crippen LogP contribution in [0.2, 0.25) is 0 Å². The molecule has 2 N–H and O–H groups in total. The van der Waals surface area contributed by atoms with Crippen LogP contribution in [0.1, 0.15) is 24.5 Å². The summed E-state index contributed by atoms with van der Waals surface area (Å²) in [7, 11) is 1.80. The first-order valence-corrected chi connectivity index (χ1v) is 10.2. The van der Waals surface area contributed by atoms with Gasteiger partial charge in [-0.2, -0.15) is 11.8 Å². The van der Waals surface area contributed by atoms with Crippen molar-refractivity contribution < 1.29 is 9.47 Å². The van der Waals surface area contributed by atoms with E-state index in [2.05, 4.69) is 53.9 Å². The van der Waals surface area contributed by atoms with E-state index in [1.165, 1.54) is 5.56 Å². The van der Waals surface area contributed by atoms with E-state index in [4.69, 9.17) is 9.47 Å². The molecule has 148 valence electrons. The van der Waals surface area contributed by atoms with Gasteiger partial charge in [0.15, 0.2) is 5.96 Å². The summed E-state index contributed by atoms with van der Waals surface area (Å²) in [5, 5.41) is 7.28. The normalized spacial score (nSPS) is 18.2. The SMILES string of the molecule is CN=C(NCc1ccc(C)cc1OCC1CCOC1)NCC(C)SC.I. The van der Waals surface area contributed by atoms with Crippen LogP contribution in [0.3, 0.4) is 0 Å². The number of guanidine groups is 1. The van der Waals surface area contributed by atoms with Crippen LogP contribution in [0.5, 0.6) is 5.75 Å². The lowest BCUT2D eigenvalue weighted by Gasteiger charge is -2.17. The molecule has 2 atom stereocenters. The fourth-order valence-electron chi connectivity index (χ4n) is 2.59. The van der Waals surface area contributed by atoms with Gasteiger partial charge in [-0.25, -0.2) is 0 Å². The highest BCUT2D eigenvalue weighted by Gasteiger charge is 2.17. The van der Waals surface area contributed by atoms with Crippen molar-refractivity contribution in [3.63, 3.8) is 0 Å². The first-order chi connectivity index (χ1) is 12.1. The Hall–Kier alpha value is -0.670. The zero-order valence-electron chi connectivity index (χ0n) is 16.2. The van der Waals surface area contributed by atoms with Crippen molar-refractivity contribution in [3.05, 3.63) is 29.3 Å². The van der Waals surface area contributed by atoms with E-state index in [0.717, 1.165) is 43.5 Å². The van der Waals surface area contributed by atoms with Crippen LogP contribution in [-0.2, 0) is 11.3 Å². The Balaban J connectivity index is 0.00000338. The van der Waals surface area contributed by atoms with Gasteiger partial charge in [0, 0.05) is 43.5 Å². The van der Waals surface area contributed by atoms with Crippen LogP contribution < -0.4 is 15.4 Å². The van der Waals surface area contributed by atoms with Crippen molar-refractivity contribution in [2.75, 3.05) is 39.7 Å². The monoisotopic (exact) mass is 493 g/mol. The number of aliphatic imine (C=N–C) groups is 1. The van der Waals surface area contributed by atoms with Crippen molar-refractivity contribution in [1.29, 1.82) is 0 Å². The second-order valence-electron chi connectivity index (χ2n) is 6.50. The molecule has 2 unspecified atom stereocenters. The van der Waals surface area contributed by atoms with Gasteiger partial charge in [0.1, 0.15) is 5.75 Å². The predicted molar refractivity (Wildman–Crippen MR) is 122 cm³/mol. The van der Waals surface area contributed by atoms with Crippen LogP contribution in [0, 0.1) is 12.8 Å². The lowest BCUT2D eigenvalue weighted by atomic mass is 10.1. The van der Waals surface area contributed by atoms with Gasteiger partial charge in [-0.15, -0.1) is 24.0 Å². The summed E-state index contributed by atoms with van der Waals surface area (Å²) in [4.78, 5) is 4.29. The van der Waals surface area contributed by atoms with Gasteiger partial charge in [0.25, 0.3) is 0 Å². The lowest BCUT2D eigenvalue weighted by molar-refractivity contribution is 0.166. The van der Waals surface area contributed by atoms with E-state index in [9.17, 15) is 0 Å². The van der Waals surface area contributed by atoms with Gasteiger partial charge in [-0.3, -0.25) is 4.99 Å². The topological polar surface area (TPSA) is 54.9 Å². The van der Waals surface area contributed by atoms with Crippen molar-refractivity contribution in [2.24, 2.45) is 10.9 Å². The summed E-state index contributed by atoms with van der Waals surface area (Å²) in [5.41, 5.74) is 2.35.